The minimum Gasteiger partial charge on any atom is -0.458 e. The maximum atomic E-state index is 11.6. The van der Waals surface area contributed by atoms with Crippen LogP contribution in [0.25, 0.3) is 0 Å². The van der Waals surface area contributed by atoms with Gasteiger partial charge in [-0.15, -0.1) is 0 Å². The van der Waals surface area contributed by atoms with Crippen molar-refractivity contribution in [3.8, 4) is 0 Å². The summed E-state index contributed by atoms with van der Waals surface area (Å²) in [6.07, 6.45) is 0. The average Bonchev–Trinajstić information content (AvgIpc) is 2.33. The summed E-state index contributed by atoms with van der Waals surface area (Å²) in [6.45, 7) is 8.20. The number of hydrogen-bond donors (Lipinski definition) is 1. The third-order valence-corrected chi connectivity index (χ3v) is 1.79. The monoisotopic (exact) mass is 187 g/mol. The fourth-order valence-corrected chi connectivity index (χ4v) is 1.07. The van der Waals surface area contributed by atoms with Crippen LogP contribution in [0, 0.1) is 0 Å². The summed E-state index contributed by atoms with van der Waals surface area (Å²) >= 11 is 0. The van der Waals surface area contributed by atoms with E-state index in [0.717, 1.165) is 0 Å². The molecule has 0 aliphatic carbocycles. The van der Waals surface area contributed by atoms with Gasteiger partial charge in [0.15, 0.2) is 5.60 Å². The number of rotatable bonds is 1. The Labute approximate surface area is 78.6 Å². The van der Waals surface area contributed by atoms with Gasteiger partial charge in [0.1, 0.15) is 5.60 Å². The molecule has 1 aliphatic heterocycles. The predicted molar refractivity (Wildman–Crippen MR) is 48.2 cm³/mol. The molecule has 1 saturated heterocycles. The lowest BCUT2D eigenvalue weighted by Gasteiger charge is -2.26. The maximum Gasteiger partial charge on any atom is 0.340 e. The largest absolute Gasteiger partial charge is 0.458 e. The lowest BCUT2D eigenvalue weighted by Crippen LogP contribution is -2.43. The van der Waals surface area contributed by atoms with Crippen LogP contribution >= 0.6 is 0 Å². The SMILES string of the molecule is CC(C)(C)OC(=O)[C@@]1(C)CNCO1. The predicted octanol–water partition coefficient (Wildman–Crippen LogP) is 0.664. The van der Waals surface area contributed by atoms with Crippen molar-refractivity contribution >= 4 is 5.97 Å². The molecule has 0 amide bonds. The molecule has 0 aromatic rings. The first kappa shape index (κ1) is 10.5. The van der Waals surface area contributed by atoms with Gasteiger partial charge in [-0.1, -0.05) is 0 Å². The van der Waals surface area contributed by atoms with Crippen molar-refractivity contribution in [2.75, 3.05) is 13.3 Å². The lowest BCUT2D eigenvalue weighted by atomic mass is 10.1. The molecular formula is C9H17NO3. The van der Waals surface area contributed by atoms with Crippen molar-refractivity contribution in [3.63, 3.8) is 0 Å². The summed E-state index contributed by atoms with van der Waals surface area (Å²) in [6, 6.07) is 0. The third-order valence-electron chi connectivity index (χ3n) is 1.79. The highest BCUT2D eigenvalue weighted by molar-refractivity contribution is 5.80. The van der Waals surface area contributed by atoms with Gasteiger partial charge in [-0.05, 0) is 27.7 Å². The summed E-state index contributed by atoms with van der Waals surface area (Å²) in [7, 11) is 0. The van der Waals surface area contributed by atoms with Crippen LogP contribution in [0.5, 0.6) is 0 Å². The molecule has 13 heavy (non-hydrogen) atoms. The van der Waals surface area contributed by atoms with Crippen LogP contribution in [0.3, 0.4) is 0 Å². The van der Waals surface area contributed by atoms with Crippen LogP contribution in [0.1, 0.15) is 27.7 Å². The van der Waals surface area contributed by atoms with E-state index in [0.29, 0.717) is 13.3 Å². The number of carbonyl (C=O) groups is 1. The Morgan fingerprint density at radius 1 is 1.54 bits per heavy atom. The minimum absolute atomic E-state index is 0.301. The molecule has 4 heteroatoms. The molecule has 76 valence electrons. The van der Waals surface area contributed by atoms with E-state index in [1.807, 2.05) is 20.8 Å². The fourth-order valence-electron chi connectivity index (χ4n) is 1.07. The Kier molecular flexibility index (Phi) is 2.63. The zero-order valence-electron chi connectivity index (χ0n) is 8.64. The Morgan fingerprint density at radius 3 is 2.54 bits per heavy atom. The van der Waals surface area contributed by atoms with Gasteiger partial charge in [-0.25, -0.2) is 4.79 Å². The molecule has 1 heterocycles. The highest BCUT2D eigenvalue weighted by Gasteiger charge is 2.41. The number of nitrogens with one attached hydrogen (secondary N) is 1. The van der Waals surface area contributed by atoms with E-state index in [-0.39, 0.29) is 5.97 Å². The molecular weight excluding hydrogens is 170 g/mol. The van der Waals surface area contributed by atoms with Gasteiger partial charge in [-0.3, -0.25) is 5.32 Å². The average molecular weight is 187 g/mol. The van der Waals surface area contributed by atoms with E-state index in [4.69, 9.17) is 9.47 Å². The molecule has 1 aliphatic rings. The van der Waals surface area contributed by atoms with Gasteiger partial charge in [0.2, 0.25) is 0 Å². The number of hydrogen-bond acceptors (Lipinski definition) is 4. The van der Waals surface area contributed by atoms with Gasteiger partial charge in [0.25, 0.3) is 0 Å². The van der Waals surface area contributed by atoms with Crippen LogP contribution < -0.4 is 5.32 Å². The molecule has 1 fully saturated rings. The summed E-state index contributed by atoms with van der Waals surface area (Å²) in [4.78, 5) is 11.6. The van der Waals surface area contributed by atoms with Gasteiger partial charge in [-0.2, -0.15) is 0 Å². The molecule has 1 atom stereocenters. The Bertz CT molecular complexity index is 201. The summed E-state index contributed by atoms with van der Waals surface area (Å²) in [5.41, 5.74) is -1.26. The second-order valence-electron chi connectivity index (χ2n) is 4.45. The first-order valence-electron chi connectivity index (χ1n) is 4.42. The van der Waals surface area contributed by atoms with E-state index in [1.54, 1.807) is 6.92 Å². The third kappa shape index (κ3) is 2.67. The number of carbonyl (C=O) groups excluding carboxylic acids is 1. The minimum atomic E-state index is -0.812. The van der Waals surface area contributed by atoms with Crippen molar-refractivity contribution in [1.82, 2.24) is 5.32 Å². The smallest absolute Gasteiger partial charge is 0.340 e. The number of esters is 1. The van der Waals surface area contributed by atoms with Crippen molar-refractivity contribution in [2.24, 2.45) is 0 Å². The van der Waals surface area contributed by atoms with Gasteiger partial charge in [0.05, 0.1) is 6.73 Å². The molecule has 4 nitrogen and oxygen atoms in total. The van der Waals surface area contributed by atoms with E-state index >= 15 is 0 Å². The van der Waals surface area contributed by atoms with E-state index in [9.17, 15) is 4.79 Å². The van der Waals surface area contributed by atoms with Crippen LogP contribution in [-0.4, -0.2) is 30.4 Å². The molecule has 0 aromatic heterocycles. The van der Waals surface area contributed by atoms with E-state index in [2.05, 4.69) is 5.32 Å². The zero-order valence-corrected chi connectivity index (χ0v) is 8.64. The Balaban J connectivity index is 2.57. The van der Waals surface area contributed by atoms with Crippen molar-refractivity contribution in [2.45, 2.75) is 38.9 Å². The maximum absolute atomic E-state index is 11.6. The second kappa shape index (κ2) is 3.27. The molecule has 0 unspecified atom stereocenters. The summed E-state index contributed by atoms with van der Waals surface area (Å²) in [5.74, 6) is -0.301. The second-order valence-corrected chi connectivity index (χ2v) is 4.45. The molecule has 0 radical (unpaired) electrons. The quantitative estimate of drug-likeness (QED) is 0.613. The fraction of sp³-hybridized carbons (Fsp3) is 0.889. The van der Waals surface area contributed by atoms with E-state index < -0.39 is 11.2 Å². The lowest BCUT2D eigenvalue weighted by molar-refractivity contribution is -0.175. The van der Waals surface area contributed by atoms with Crippen molar-refractivity contribution in [3.05, 3.63) is 0 Å². The standard InChI is InChI=1S/C9H17NO3/c1-8(2,3)13-7(11)9(4)5-10-6-12-9/h10H,5-6H2,1-4H3/t9-/m1/s1. The van der Waals surface area contributed by atoms with Crippen LogP contribution in [0.4, 0.5) is 0 Å². The van der Waals surface area contributed by atoms with Crippen LogP contribution in [-0.2, 0) is 14.3 Å². The molecule has 1 N–H and O–H groups in total. The van der Waals surface area contributed by atoms with Gasteiger partial charge >= 0.3 is 5.97 Å². The van der Waals surface area contributed by atoms with Crippen molar-refractivity contribution in [1.29, 1.82) is 0 Å². The highest BCUT2D eigenvalue weighted by atomic mass is 16.6. The number of ether oxygens (including phenoxy) is 2. The molecule has 0 saturated carbocycles. The Morgan fingerprint density at radius 2 is 2.15 bits per heavy atom. The zero-order chi connectivity index (χ0) is 10.1. The topological polar surface area (TPSA) is 47.6 Å². The summed E-state index contributed by atoms with van der Waals surface area (Å²) < 4.78 is 10.5. The highest BCUT2D eigenvalue weighted by Crippen LogP contribution is 2.19. The molecule has 0 spiro atoms. The van der Waals surface area contributed by atoms with E-state index in [1.165, 1.54) is 0 Å². The molecule has 0 aromatic carbocycles. The van der Waals surface area contributed by atoms with Gasteiger partial charge in [0, 0.05) is 6.54 Å². The Hall–Kier alpha value is -0.610. The first-order valence-corrected chi connectivity index (χ1v) is 4.42. The van der Waals surface area contributed by atoms with Crippen LogP contribution in [0.2, 0.25) is 0 Å². The first-order chi connectivity index (χ1) is 5.83. The van der Waals surface area contributed by atoms with Crippen molar-refractivity contribution < 1.29 is 14.3 Å². The summed E-state index contributed by atoms with van der Waals surface area (Å²) in [5, 5.41) is 2.96. The molecule has 0 bridgehead atoms. The molecule has 1 rings (SSSR count). The van der Waals surface area contributed by atoms with Crippen LogP contribution in [0.15, 0.2) is 0 Å². The normalized spacial score (nSPS) is 28.9. The van der Waals surface area contributed by atoms with Gasteiger partial charge < -0.3 is 9.47 Å².